The van der Waals surface area contributed by atoms with Gasteiger partial charge in [-0.2, -0.15) is 0 Å². The fraction of sp³-hybridized carbons (Fsp3) is 0.500. The Morgan fingerprint density at radius 2 is 1.90 bits per heavy atom. The second-order valence-electron chi connectivity index (χ2n) is 5.75. The molecule has 0 bridgehead atoms. The van der Waals surface area contributed by atoms with Gasteiger partial charge in [0, 0.05) is 73.8 Å². The number of rotatable bonds is 5. The third-order valence-corrected chi connectivity index (χ3v) is 4.98. The number of H-pyrrole nitrogens is 1. The van der Waals surface area contributed by atoms with Gasteiger partial charge in [-0.1, -0.05) is 18.2 Å². The van der Waals surface area contributed by atoms with Crippen LogP contribution < -0.4 is 0 Å². The zero-order valence-corrected chi connectivity index (χ0v) is 13.4. The normalized spacial score (nSPS) is 19.1. The van der Waals surface area contributed by atoms with Crippen molar-refractivity contribution in [3.8, 4) is 0 Å². The van der Waals surface area contributed by atoms with Crippen molar-refractivity contribution in [2.75, 3.05) is 44.7 Å². The summed E-state index contributed by atoms with van der Waals surface area (Å²) in [5.41, 5.74) is 2.64. The Bertz CT molecular complexity index is 617. The van der Waals surface area contributed by atoms with Gasteiger partial charge in [0.05, 0.1) is 0 Å². The molecule has 3 rings (SSSR count). The summed E-state index contributed by atoms with van der Waals surface area (Å²) in [5.74, 6) is 0.793. The SMILES string of the molecule is C[S@](=O)CCN1CCN(Cc2cccc3cc[nH]c23)CC1. The summed E-state index contributed by atoms with van der Waals surface area (Å²) >= 11 is 0. The van der Waals surface area contributed by atoms with E-state index in [0.717, 1.165) is 45.0 Å². The molecule has 0 unspecified atom stereocenters. The molecule has 114 valence electrons. The third kappa shape index (κ3) is 3.73. The number of hydrogen-bond acceptors (Lipinski definition) is 3. The van der Waals surface area contributed by atoms with Gasteiger partial charge in [0.15, 0.2) is 0 Å². The van der Waals surface area contributed by atoms with E-state index in [1.54, 1.807) is 6.26 Å². The minimum Gasteiger partial charge on any atom is -0.361 e. The van der Waals surface area contributed by atoms with E-state index in [0.29, 0.717) is 0 Å². The van der Waals surface area contributed by atoms with E-state index in [-0.39, 0.29) is 0 Å². The van der Waals surface area contributed by atoms with Crippen LogP contribution in [-0.4, -0.2) is 63.7 Å². The Balaban J connectivity index is 1.56. The van der Waals surface area contributed by atoms with Gasteiger partial charge < -0.3 is 4.98 Å². The molecule has 2 heterocycles. The van der Waals surface area contributed by atoms with Gasteiger partial charge >= 0.3 is 0 Å². The average Bonchev–Trinajstić information content (AvgIpc) is 2.96. The van der Waals surface area contributed by atoms with Crippen molar-refractivity contribution in [1.29, 1.82) is 0 Å². The summed E-state index contributed by atoms with van der Waals surface area (Å²) in [4.78, 5) is 8.28. The summed E-state index contributed by atoms with van der Waals surface area (Å²) in [7, 11) is -0.678. The number of para-hydroxylation sites is 1. The first-order valence-electron chi connectivity index (χ1n) is 7.52. The molecule has 0 radical (unpaired) electrons. The van der Waals surface area contributed by atoms with E-state index in [1.807, 2.05) is 6.20 Å². The predicted molar refractivity (Wildman–Crippen MR) is 88.9 cm³/mol. The second kappa shape index (κ2) is 6.73. The molecule has 0 spiro atoms. The molecule has 1 aromatic heterocycles. The predicted octanol–water partition coefficient (Wildman–Crippen LogP) is 1.66. The Kier molecular flexibility index (Phi) is 4.73. The van der Waals surface area contributed by atoms with E-state index in [4.69, 9.17) is 0 Å². The average molecular weight is 305 g/mol. The summed E-state index contributed by atoms with van der Waals surface area (Å²) in [6.07, 6.45) is 3.80. The zero-order valence-electron chi connectivity index (χ0n) is 12.5. The summed E-state index contributed by atoms with van der Waals surface area (Å²) in [5, 5.41) is 1.29. The van der Waals surface area contributed by atoms with Gasteiger partial charge in [-0.25, -0.2) is 0 Å². The monoisotopic (exact) mass is 305 g/mol. The van der Waals surface area contributed by atoms with Gasteiger partial charge in [0.2, 0.25) is 0 Å². The van der Waals surface area contributed by atoms with Crippen molar-refractivity contribution in [3.63, 3.8) is 0 Å². The molecular formula is C16H23N3OS. The van der Waals surface area contributed by atoms with E-state index in [1.165, 1.54) is 16.5 Å². The highest BCUT2D eigenvalue weighted by Crippen LogP contribution is 2.19. The van der Waals surface area contributed by atoms with E-state index >= 15 is 0 Å². The Morgan fingerprint density at radius 1 is 1.14 bits per heavy atom. The maximum atomic E-state index is 11.2. The molecule has 21 heavy (non-hydrogen) atoms. The third-order valence-electron chi connectivity index (χ3n) is 4.23. The van der Waals surface area contributed by atoms with E-state index in [9.17, 15) is 4.21 Å². The van der Waals surface area contributed by atoms with Crippen molar-refractivity contribution < 1.29 is 4.21 Å². The van der Waals surface area contributed by atoms with Crippen molar-refractivity contribution in [2.45, 2.75) is 6.54 Å². The summed E-state index contributed by atoms with van der Waals surface area (Å²) in [6.45, 7) is 6.31. The van der Waals surface area contributed by atoms with Crippen LogP contribution in [0.1, 0.15) is 5.56 Å². The van der Waals surface area contributed by atoms with Gasteiger partial charge in [0.25, 0.3) is 0 Å². The van der Waals surface area contributed by atoms with Crippen molar-refractivity contribution in [1.82, 2.24) is 14.8 Å². The highest BCUT2D eigenvalue weighted by atomic mass is 32.2. The molecule has 1 fully saturated rings. The first-order chi connectivity index (χ1) is 10.2. The minimum absolute atomic E-state index is 0.678. The Morgan fingerprint density at radius 3 is 2.67 bits per heavy atom. The lowest BCUT2D eigenvalue weighted by Crippen LogP contribution is -2.46. The largest absolute Gasteiger partial charge is 0.361 e. The molecule has 1 atom stereocenters. The molecule has 2 aromatic rings. The number of fused-ring (bicyclic) bond motifs is 1. The number of aromatic amines is 1. The lowest BCUT2D eigenvalue weighted by atomic mass is 10.1. The number of piperazine rings is 1. The standard InChI is InChI=1S/C16H23N3OS/c1-21(20)12-11-18-7-9-19(10-8-18)13-15-4-2-3-14-5-6-17-16(14)15/h2-6,17H,7-13H2,1H3/t21-/m0/s1. The molecule has 1 aromatic carbocycles. The van der Waals surface area contributed by atoms with Gasteiger partial charge in [-0.05, 0) is 17.0 Å². The van der Waals surface area contributed by atoms with E-state index < -0.39 is 10.8 Å². The molecule has 5 heteroatoms. The first-order valence-corrected chi connectivity index (χ1v) is 9.25. The maximum absolute atomic E-state index is 11.2. The molecule has 1 N–H and O–H groups in total. The van der Waals surface area contributed by atoms with E-state index in [2.05, 4.69) is 39.0 Å². The second-order valence-corrected chi connectivity index (χ2v) is 7.31. The number of aromatic nitrogens is 1. The zero-order chi connectivity index (χ0) is 14.7. The van der Waals surface area contributed by atoms with Crippen LogP contribution in [0.4, 0.5) is 0 Å². The van der Waals surface area contributed by atoms with Crippen molar-refractivity contribution >= 4 is 21.7 Å². The number of hydrogen-bond donors (Lipinski definition) is 1. The van der Waals surface area contributed by atoms with Crippen LogP contribution >= 0.6 is 0 Å². The fourth-order valence-electron chi connectivity index (χ4n) is 2.95. The van der Waals surface area contributed by atoms with Crippen molar-refractivity contribution in [3.05, 3.63) is 36.0 Å². The van der Waals surface area contributed by atoms with Crippen LogP contribution in [0.3, 0.4) is 0 Å². The first kappa shape index (κ1) is 14.8. The highest BCUT2D eigenvalue weighted by Gasteiger charge is 2.17. The smallest absolute Gasteiger partial charge is 0.0499 e. The fourth-order valence-corrected chi connectivity index (χ4v) is 3.47. The van der Waals surface area contributed by atoms with Crippen LogP contribution in [-0.2, 0) is 17.3 Å². The molecule has 1 aliphatic rings. The van der Waals surface area contributed by atoms with Crippen LogP contribution in [0.2, 0.25) is 0 Å². The topological polar surface area (TPSA) is 39.3 Å². The molecule has 1 aliphatic heterocycles. The number of nitrogens with one attached hydrogen (secondary N) is 1. The van der Waals surface area contributed by atoms with Gasteiger partial charge in [-0.15, -0.1) is 0 Å². The Hall–Kier alpha value is -1.17. The quantitative estimate of drug-likeness (QED) is 0.913. The van der Waals surface area contributed by atoms with Crippen molar-refractivity contribution in [2.24, 2.45) is 0 Å². The molecule has 0 amide bonds. The molecular weight excluding hydrogens is 282 g/mol. The van der Waals surface area contributed by atoms with Crippen LogP contribution in [0, 0.1) is 0 Å². The molecule has 0 saturated carbocycles. The van der Waals surface area contributed by atoms with Crippen LogP contribution in [0.25, 0.3) is 10.9 Å². The maximum Gasteiger partial charge on any atom is 0.0499 e. The molecule has 0 aliphatic carbocycles. The minimum atomic E-state index is -0.678. The van der Waals surface area contributed by atoms with Gasteiger partial charge in [-0.3, -0.25) is 14.0 Å². The summed E-state index contributed by atoms with van der Waals surface area (Å²) < 4.78 is 11.2. The highest BCUT2D eigenvalue weighted by molar-refractivity contribution is 7.84. The molecule has 1 saturated heterocycles. The lowest BCUT2D eigenvalue weighted by Gasteiger charge is -2.34. The van der Waals surface area contributed by atoms with Gasteiger partial charge in [0.1, 0.15) is 0 Å². The number of nitrogens with zero attached hydrogens (tertiary/aromatic N) is 2. The lowest BCUT2D eigenvalue weighted by molar-refractivity contribution is 0.133. The molecule has 4 nitrogen and oxygen atoms in total. The summed E-state index contributed by atoms with van der Waals surface area (Å²) in [6, 6.07) is 8.63. The van der Waals surface area contributed by atoms with Crippen LogP contribution in [0.15, 0.2) is 30.5 Å². The van der Waals surface area contributed by atoms with Crippen LogP contribution in [0.5, 0.6) is 0 Å². The number of benzene rings is 1. The Labute approximate surface area is 128 Å².